The fourth-order valence-corrected chi connectivity index (χ4v) is 5.44. The molecule has 4 fully saturated rings. The maximum Gasteiger partial charge on any atom is 0.333 e. The number of esters is 1. The van der Waals surface area contributed by atoms with E-state index in [9.17, 15) is 15.0 Å². The van der Waals surface area contributed by atoms with Gasteiger partial charge in [0.1, 0.15) is 5.60 Å². The first-order valence-electron chi connectivity index (χ1n) is 7.82. The van der Waals surface area contributed by atoms with E-state index in [4.69, 9.17) is 4.74 Å². The van der Waals surface area contributed by atoms with Gasteiger partial charge in [-0.25, -0.2) is 4.79 Å². The first-order valence-corrected chi connectivity index (χ1v) is 7.82. The predicted molar refractivity (Wildman–Crippen MR) is 78.5 cm³/mol. The van der Waals surface area contributed by atoms with Gasteiger partial charge in [-0.1, -0.05) is 6.58 Å². The molecule has 0 heterocycles. The van der Waals surface area contributed by atoms with E-state index in [0.717, 1.165) is 19.3 Å². The molecule has 0 spiro atoms. The van der Waals surface area contributed by atoms with Gasteiger partial charge in [-0.05, 0) is 58.8 Å². The lowest BCUT2D eigenvalue weighted by atomic mass is 9.43. The number of hydrogen-bond acceptors (Lipinski definition) is 4. The standard InChI is InChI=1S/C17H26O4/c1-11(2)13(18)21-14(3,4)15-5-12-6-16(19,8-15)10-17(20,7-12)9-15/h12,19-20H,1,5-10H2,2-4H3. The molecule has 2 N–H and O–H groups in total. The van der Waals surface area contributed by atoms with Gasteiger partial charge in [-0.3, -0.25) is 0 Å². The summed E-state index contributed by atoms with van der Waals surface area (Å²) in [6.45, 7) is 9.10. The molecule has 4 nitrogen and oxygen atoms in total. The second-order valence-corrected chi connectivity index (χ2v) is 8.42. The Morgan fingerprint density at radius 3 is 2.10 bits per heavy atom. The molecule has 4 aliphatic carbocycles. The zero-order valence-corrected chi connectivity index (χ0v) is 13.2. The molecule has 0 aliphatic heterocycles. The van der Waals surface area contributed by atoms with Gasteiger partial charge in [0, 0.05) is 17.4 Å². The average molecular weight is 294 g/mol. The minimum absolute atomic E-state index is 0.319. The number of carbonyl (C=O) groups is 1. The van der Waals surface area contributed by atoms with Crippen LogP contribution >= 0.6 is 0 Å². The van der Waals surface area contributed by atoms with Crippen LogP contribution in [0.4, 0.5) is 0 Å². The fraction of sp³-hybridized carbons (Fsp3) is 0.824. The highest BCUT2D eigenvalue weighted by atomic mass is 16.6. The molecule has 0 aromatic heterocycles. The number of aliphatic hydroxyl groups is 2. The van der Waals surface area contributed by atoms with Crippen molar-refractivity contribution in [3.05, 3.63) is 12.2 Å². The molecule has 4 rings (SSSR count). The van der Waals surface area contributed by atoms with Gasteiger partial charge >= 0.3 is 5.97 Å². The summed E-state index contributed by atoms with van der Waals surface area (Å²) < 4.78 is 5.71. The third-order valence-electron chi connectivity index (χ3n) is 5.98. The molecule has 0 amide bonds. The summed E-state index contributed by atoms with van der Waals surface area (Å²) in [6.07, 6.45) is 4.12. The number of hydrogen-bond donors (Lipinski definition) is 2. The Balaban J connectivity index is 1.93. The van der Waals surface area contributed by atoms with Gasteiger partial charge in [0.15, 0.2) is 0 Å². The van der Waals surface area contributed by atoms with Crippen LogP contribution < -0.4 is 0 Å². The number of carbonyl (C=O) groups excluding carboxylic acids is 1. The lowest BCUT2D eigenvalue weighted by molar-refractivity contribution is -0.271. The van der Waals surface area contributed by atoms with Crippen LogP contribution in [0, 0.1) is 11.3 Å². The van der Waals surface area contributed by atoms with Crippen molar-refractivity contribution in [1.29, 1.82) is 0 Å². The summed E-state index contributed by atoms with van der Waals surface area (Å²) in [5, 5.41) is 21.6. The third kappa shape index (κ3) is 2.23. The van der Waals surface area contributed by atoms with Crippen LogP contribution in [-0.4, -0.2) is 33.0 Å². The molecule has 4 saturated carbocycles. The Bertz CT molecular complexity index is 489. The SMILES string of the molecule is C=C(C)C(=O)OC(C)(C)C12CC3CC(O)(CC(O)(C3)C1)C2. The Morgan fingerprint density at radius 1 is 1.14 bits per heavy atom. The molecule has 0 saturated heterocycles. The van der Waals surface area contributed by atoms with Crippen LogP contribution in [0.2, 0.25) is 0 Å². The maximum absolute atomic E-state index is 12.0. The lowest BCUT2D eigenvalue weighted by Crippen LogP contribution is -2.68. The highest BCUT2D eigenvalue weighted by molar-refractivity contribution is 5.87. The molecule has 4 aliphatic rings. The molecule has 0 aromatic rings. The van der Waals surface area contributed by atoms with Crippen molar-refractivity contribution in [2.24, 2.45) is 11.3 Å². The second kappa shape index (κ2) is 4.11. The van der Waals surface area contributed by atoms with Crippen molar-refractivity contribution < 1.29 is 19.7 Å². The van der Waals surface area contributed by atoms with E-state index >= 15 is 0 Å². The smallest absolute Gasteiger partial charge is 0.333 e. The lowest BCUT2D eigenvalue weighted by Gasteiger charge is -2.66. The van der Waals surface area contributed by atoms with Crippen molar-refractivity contribution in [2.75, 3.05) is 0 Å². The van der Waals surface area contributed by atoms with Gasteiger partial charge in [-0.2, -0.15) is 0 Å². The Labute approximate surface area is 126 Å². The Kier molecular flexibility index (Phi) is 2.94. The average Bonchev–Trinajstić information content (AvgIpc) is 2.22. The zero-order valence-electron chi connectivity index (χ0n) is 13.2. The molecule has 118 valence electrons. The molecular weight excluding hydrogens is 268 g/mol. The monoisotopic (exact) mass is 294 g/mol. The number of rotatable bonds is 3. The van der Waals surface area contributed by atoms with Gasteiger partial charge in [0.25, 0.3) is 0 Å². The van der Waals surface area contributed by atoms with Crippen LogP contribution in [0.3, 0.4) is 0 Å². The largest absolute Gasteiger partial charge is 0.456 e. The Hall–Kier alpha value is -0.870. The summed E-state index contributed by atoms with van der Waals surface area (Å²) in [5.41, 5.74) is -2.29. The summed E-state index contributed by atoms with van der Waals surface area (Å²) in [4.78, 5) is 12.0. The third-order valence-corrected chi connectivity index (χ3v) is 5.98. The van der Waals surface area contributed by atoms with Crippen molar-refractivity contribution >= 4 is 5.97 Å². The highest BCUT2D eigenvalue weighted by Gasteiger charge is 2.67. The molecule has 21 heavy (non-hydrogen) atoms. The summed E-state index contributed by atoms with van der Waals surface area (Å²) in [6, 6.07) is 0. The molecule has 0 radical (unpaired) electrons. The molecule has 4 bridgehead atoms. The van der Waals surface area contributed by atoms with Crippen molar-refractivity contribution in [1.82, 2.24) is 0 Å². The molecular formula is C17H26O4. The van der Waals surface area contributed by atoms with Crippen molar-refractivity contribution in [2.45, 2.75) is 76.1 Å². The van der Waals surface area contributed by atoms with Crippen LogP contribution in [0.15, 0.2) is 12.2 Å². The first kappa shape index (κ1) is 15.0. The van der Waals surface area contributed by atoms with Gasteiger partial charge < -0.3 is 14.9 Å². The van der Waals surface area contributed by atoms with Crippen LogP contribution in [0.5, 0.6) is 0 Å². The summed E-state index contributed by atoms with van der Waals surface area (Å²) in [7, 11) is 0. The van der Waals surface area contributed by atoms with E-state index in [2.05, 4.69) is 6.58 Å². The molecule has 4 heteroatoms. The quantitative estimate of drug-likeness (QED) is 0.619. The van der Waals surface area contributed by atoms with Crippen LogP contribution in [0.1, 0.15) is 59.3 Å². The normalized spacial score (nSPS) is 44.7. The molecule has 0 aromatic carbocycles. The van der Waals surface area contributed by atoms with E-state index in [-0.39, 0.29) is 5.41 Å². The minimum atomic E-state index is -0.804. The van der Waals surface area contributed by atoms with Crippen molar-refractivity contribution in [3.63, 3.8) is 0 Å². The van der Waals surface area contributed by atoms with Crippen molar-refractivity contribution in [3.8, 4) is 0 Å². The van der Waals surface area contributed by atoms with E-state index in [1.807, 2.05) is 13.8 Å². The van der Waals surface area contributed by atoms with Gasteiger partial charge in [0.05, 0.1) is 11.2 Å². The van der Waals surface area contributed by atoms with E-state index in [1.165, 1.54) is 0 Å². The highest BCUT2D eigenvalue weighted by Crippen LogP contribution is 2.66. The zero-order chi connectivity index (χ0) is 15.7. The van der Waals surface area contributed by atoms with Gasteiger partial charge in [0.2, 0.25) is 0 Å². The molecule has 2 atom stereocenters. The fourth-order valence-electron chi connectivity index (χ4n) is 5.44. The second-order valence-electron chi connectivity index (χ2n) is 8.42. The van der Waals surface area contributed by atoms with Crippen LogP contribution in [-0.2, 0) is 9.53 Å². The predicted octanol–water partition coefficient (Wildman–Crippen LogP) is 2.33. The van der Waals surface area contributed by atoms with E-state index in [0.29, 0.717) is 30.8 Å². The van der Waals surface area contributed by atoms with Gasteiger partial charge in [-0.15, -0.1) is 0 Å². The maximum atomic E-state index is 12.0. The first-order chi connectivity index (χ1) is 9.48. The molecule has 2 unspecified atom stereocenters. The van der Waals surface area contributed by atoms with E-state index < -0.39 is 22.8 Å². The Morgan fingerprint density at radius 2 is 1.67 bits per heavy atom. The summed E-state index contributed by atoms with van der Waals surface area (Å²) in [5.74, 6) is -0.0752. The topological polar surface area (TPSA) is 66.8 Å². The van der Waals surface area contributed by atoms with Crippen LogP contribution in [0.25, 0.3) is 0 Å². The summed E-state index contributed by atoms with van der Waals surface area (Å²) >= 11 is 0. The van der Waals surface area contributed by atoms with E-state index in [1.54, 1.807) is 6.92 Å². The number of ether oxygens (including phenoxy) is 1. The minimum Gasteiger partial charge on any atom is -0.456 e.